The second kappa shape index (κ2) is 5.62. The van der Waals surface area contributed by atoms with Crippen LogP contribution in [0.25, 0.3) is 0 Å². The highest BCUT2D eigenvalue weighted by atomic mass is 14.3. The van der Waals surface area contributed by atoms with Crippen molar-refractivity contribution in [2.45, 2.75) is 53.9 Å². The summed E-state index contributed by atoms with van der Waals surface area (Å²) in [6, 6.07) is 0. The fourth-order valence-corrected chi connectivity index (χ4v) is 1.85. The summed E-state index contributed by atoms with van der Waals surface area (Å²) in [6.07, 6.45) is 4.39. The van der Waals surface area contributed by atoms with Crippen LogP contribution in [0.2, 0.25) is 0 Å². The van der Waals surface area contributed by atoms with Crippen molar-refractivity contribution in [2.24, 2.45) is 17.8 Å². The first-order valence-electron chi connectivity index (χ1n) is 5.22. The van der Waals surface area contributed by atoms with Gasteiger partial charge in [-0.2, -0.15) is 0 Å². The molecule has 0 saturated heterocycles. The van der Waals surface area contributed by atoms with E-state index in [1.807, 2.05) is 13.8 Å². The van der Waals surface area contributed by atoms with Crippen LogP contribution in [-0.4, -0.2) is 0 Å². The molecule has 0 bridgehead atoms. The lowest BCUT2D eigenvalue weighted by atomic mass is 9.75. The Morgan fingerprint density at radius 2 is 1.18 bits per heavy atom. The highest BCUT2D eigenvalue weighted by molar-refractivity contribution is 4.73. The summed E-state index contributed by atoms with van der Waals surface area (Å²) >= 11 is 0. The minimum absolute atomic E-state index is 0.971. The summed E-state index contributed by atoms with van der Waals surface area (Å²) < 4.78 is 0. The molecule has 1 aliphatic carbocycles. The molecule has 0 unspecified atom stereocenters. The summed E-state index contributed by atoms with van der Waals surface area (Å²) in [4.78, 5) is 0. The lowest BCUT2D eigenvalue weighted by molar-refractivity contribution is 0.197. The average molecular weight is 156 g/mol. The zero-order valence-corrected chi connectivity index (χ0v) is 8.85. The van der Waals surface area contributed by atoms with Gasteiger partial charge in [0.25, 0.3) is 0 Å². The molecular weight excluding hydrogens is 132 g/mol. The fraction of sp³-hybridized carbons (Fsp3) is 1.00. The summed E-state index contributed by atoms with van der Waals surface area (Å²) in [5, 5.41) is 0. The molecule has 2 atom stereocenters. The Bertz CT molecular complexity index is 76.0. The Labute approximate surface area is 72.4 Å². The standard InChI is InChI=1S/C9H18.C2H6/c1-7-5-4-6-8(2)9(7)3;1-2/h7-9H,4-6H2,1-3H3;1-2H3/t7-,8-;/m0./s1. The molecule has 0 heterocycles. The third-order valence-electron chi connectivity index (χ3n) is 3.11. The Morgan fingerprint density at radius 3 is 1.45 bits per heavy atom. The zero-order chi connectivity index (χ0) is 8.85. The van der Waals surface area contributed by atoms with E-state index in [1.54, 1.807) is 0 Å². The summed E-state index contributed by atoms with van der Waals surface area (Å²) in [6.45, 7) is 11.2. The quantitative estimate of drug-likeness (QED) is 0.495. The molecule has 1 saturated carbocycles. The molecule has 0 aliphatic heterocycles. The van der Waals surface area contributed by atoms with Gasteiger partial charge in [0, 0.05) is 0 Å². The Kier molecular flexibility index (Phi) is 5.62. The fourth-order valence-electron chi connectivity index (χ4n) is 1.85. The lowest BCUT2D eigenvalue weighted by Crippen LogP contribution is -2.21. The van der Waals surface area contributed by atoms with Gasteiger partial charge >= 0.3 is 0 Å². The van der Waals surface area contributed by atoms with Crippen LogP contribution in [0.1, 0.15) is 53.9 Å². The van der Waals surface area contributed by atoms with Crippen LogP contribution >= 0.6 is 0 Å². The second-order valence-corrected chi connectivity index (χ2v) is 3.74. The van der Waals surface area contributed by atoms with Crippen LogP contribution in [0.4, 0.5) is 0 Å². The number of hydrogen-bond acceptors (Lipinski definition) is 0. The van der Waals surface area contributed by atoms with Gasteiger partial charge in [-0.3, -0.25) is 0 Å². The molecule has 0 aromatic heterocycles. The van der Waals surface area contributed by atoms with Gasteiger partial charge in [0.2, 0.25) is 0 Å². The first kappa shape index (κ1) is 11.0. The Morgan fingerprint density at radius 1 is 0.818 bits per heavy atom. The van der Waals surface area contributed by atoms with E-state index in [0.717, 1.165) is 17.8 Å². The van der Waals surface area contributed by atoms with Gasteiger partial charge in [0.15, 0.2) is 0 Å². The van der Waals surface area contributed by atoms with Crippen LogP contribution in [0.3, 0.4) is 0 Å². The van der Waals surface area contributed by atoms with Crippen LogP contribution < -0.4 is 0 Å². The van der Waals surface area contributed by atoms with E-state index in [1.165, 1.54) is 19.3 Å². The molecule has 1 aliphatic rings. The van der Waals surface area contributed by atoms with Crippen LogP contribution in [0, 0.1) is 17.8 Å². The summed E-state index contributed by atoms with van der Waals surface area (Å²) in [5.74, 6) is 2.93. The van der Waals surface area contributed by atoms with Gasteiger partial charge in [-0.1, -0.05) is 53.9 Å². The molecule has 0 amide bonds. The van der Waals surface area contributed by atoms with Crippen molar-refractivity contribution in [3.63, 3.8) is 0 Å². The lowest BCUT2D eigenvalue weighted by Gasteiger charge is -2.31. The van der Waals surface area contributed by atoms with Crippen molar-refractivity contribution < 1.29 is 0 Å². The predicted molar refractivity (Wildman–Crippen MR) is 52.7 cm³/mol. The van der Waals surface area contributed by atoms with E-state index >= 15 is 0 Å². The van der Waals surface area contributed by atoms with E-state index < -0.39 is 0 Å². The van der Waals surface area contributed by atoms with E-state index in [2.05, 4.69) is 20.8 Å². The summed E-state index contributed by atoms with van der Waals surface area (Å²) in [5.41, 5.74) is 0. The van der Waals surface area contributed by atoms with Gasteiger partial charge in [-0.25, -0.2) is 0 Å². The third kappa shape index (κ3) is 3.27. The Hall–Kier alpha value is 0. The van der Waals surface area contributed by atoms with Crippen LogP contribution in [0.5, 0.6) is 0 Å². The largest absolute Gasteiger partial charge is 0.0683 e. The van der Waals surface area contributed by atoms with Crippen molar-refractivity contribution in [1.29, 1.82) is 0 Å². The van der Waals surface area contributed by atoms with Crippen molar-refractivity contribution in [3.8, 4) is 0 Å². The highest BCUT2D eigenvalue weighted by Crippen LogP contribution is 2.33. The minimum atomic E-state index is 0.971. The van der Waals surface area contributed by atoms with Crippen molar-refractivity contribution >= 4 is 0 Å². The van der Waals surface area contributed by atoms with E-state index in [4.69, 9.17) is 0 Å². The molecule has 11 heavy (non-hydrogen) atoms. The topological polar surface area (TPSA) is 0 Å². The van der Waals surface area contributed by atoms with Crippen molar-refractivity contribution in [2.75, 3.05) is 0 Å². The van der Waals surface area contributed by atoms with Crippen molar-refractivity contribution in [3.05, 3.63) is 0 Å². The predicted octanol–water partition coefficient (Wildman–Crippen LogP) is 4.10. The monoisotopic (exact) mass is 156 g/mol. The second-order valence-electron chi connectivity index (χ2n) is 3.74. The first-order chi connectivity index (χ1) is 5.22. The molecule has 68 valence electrons. The molecular formula is C11H24. The molecule has 0 radical (unpaired) electrons. The van der Waals surface area contributed by atoms with Gasteiger partial charge in [-0.15, -0.1) is 0 Å². The zero-order valence-electron chi connectivity index (χ0n) is 8.85. The van der Waals surface area contributed by atoms with E-state index in [-0.39, 0.29) is 0 Å². The minimum Gasteiger partial charge on any atom is -0.0683 e. The van der Waals surface area contributed by atoms with E-state index in [9.17, 15) is 0 Å². The normalized spacial score (nSPS) is 32.5. The molecule has 1 rings (SSSR count). The van der Waals surface area contributed by atoms with Gasteiger partial charge in [-0.05, 0) is 17.8 Å². The molecule has 1 fully saturated rings. The maximum Gasteiger partial charge on any atom is -0.0391 e. The SMILES string of the molecule is CC.CC1[C@@H](C)CCC[C@@H]1C. The third-order valence-corrected chi connectivity index (χ3v) is 3.11. The smallest absolute Gasteiger partial charge is 0.0391 e. The Balaban J connectivity index is 0.000000461. The molecule has 0 heteroatoms. The molecule has 0 aromatic rings. The van der Waals surface area contributed by atoms with Gasteiger partial charge in [0.1, 0.15) is 0 Å². The molecule has 0 aromatic carbocycles. The number of rotatable bonds is 0. The maximum atomic E-state index is 2.40. The molecule has 0 spiro atoms. The van der Waals surface area contributed by atoms with Crippen LogP contribution in [0.15, 0.2) is 0 Å². The first-order valence-corrected chi connectivity index (χ1v) is 5.22. The molecule has 0 nitrogen and oxygen atoms in total. The number of hydrogen-bond donors (Lipinski definition) is 0. The average Bonchev–Trinajstić information content (AvgIpc) is 2.04. The van der Waals surface area contributed by atoms with E-state index in [0.29, 0.717) is 0 Å². The van der Waals surface area contributed by atoms with Crippen LogP contribution in [-0.2, 0) is 0 Å². The maximum absolute atomic E-state index is 2.40. The van der Waals surface area contributed by atoms with Gasteiger partial charge in [0.05, 0.1) is 0 Å². The van der Waals surface area contributed by atoms with Gasteiger partial charge < -0.3 is 0 Å². The summed E-state index contributed by atoms with van der Waals surface area (Å²) in [7, 11) is 0. The highest BCUT2D eigenvalue weighted by Gasteiger charge is 2.22. The molecule has 0 N–H and O–H groups in total. The van der Waals surface area contributed by atoms with Crippen molar-refractivity contribution in [1.82, 2.24) is 0 Å².